The molecule has 0 aromatic heterocycles. The van der Waals surface area contributed by atoms with Crippen LogP contribution in [0.15, 0.2) is 24.3 Å². The van der Waals surface area contributed by atoms with Gasteiger partial charge in [0.2, 0.25) is 5.91 Å². The molecule has 2 unspecified atom stereocenters. The van der Waals surface area contributed by atoms with E-state index in [-0.39, 0.29) is 5.91 Å². The molecule has 1 amide bonds. The summed E-state index contributed by atoms with van der Waals surface area (Å²) >= 11 is 6.07. The van der Waals surface area contributed by atoms with Gasteiger partial charge in [-0.25, -0.2) is 0 Å². The molecule has 7 heteroatoms. The molecule has 1 aliphatic carbocycles. The molecule has 0 spiro atoms. The highest BCUT2D eigenvalue weighted by atomic mass is 35.5. The molecule has 0 saturated heterocycles. The number of methoxy groups -OCH3 is 2. The van der Waals surface area contributed by atoms with Crippen LogP contribution in [0.1, 0.15) is 12.8 Å². The highest BCUT2D eigenvalue weighted by Gasteiger charge is 2.34. The number of allylic oxidation sites excluding steroid dienone is 2. The Bertz CT molecular complexity index is 644. The first-order valence-electron chi connectivity index (χ1n) is 7.08. The third-order valence-corrected chi connectivity index (χ3v) is 4.11. The summed E-state index contributed by atoms with van der Waals surface area (Å²) < 4.78 is 10.3. The minimum Gasteiger partial charge on any atom is -0.495 e. The predicted molar refractivity (Wildman–Crippen MR) is 86.2 cm³/mol. The van der Waals surface area contributed by atoms with E-state index in [1.165, 1.54) is 20.3 Å². The van der Waals surface area contributed by atoms with Crippen LogP contribution < -0.4 is 14.8 Å². The van der Waals surface area contributed by atoms with Crippen LogP contribution in [-0.2, 0) is 9.59 Å². The fourth-order valence-corrected chi connectivity index (χ4v) is 2.80. The number of amides is 1. The van der Waals surface area contributed by atoms with Crippen molar-refractivity contribution in [3.63, 3.8) is 0 Å². The number of ether oxygens (including phenoxy) is 2. The number of nitrogens with one attached hydrogen (secondary N) is 1. The smallest absolute Gasteiger partial charge is 0.307 e. The number of hydrogen-bond acceptors (Lipinski definition) is 4. The Morgan fingerprint density at radius 2 is 1.74 bits per heavy atom. The molecule has 1 aromatic rings. The summed E-state index contributed by atoms with van der Waals surface area (Å²) in [4.78, 5) is 23.8. The molecule has 124 valence electrons. The molecule has 0 radical (unpaired) electrons. The number of rotatable bonds is 5. The third-order valence-electron chi connectivity index (χ3n) is 3.82. The highest BCUT2D eigenvalue weighted by Crippen LogP contribution is 2.37. The lowest BCUT2D eigenvalue weighted by Crippen LogP contribution is -2.34. The van der Waals surface area contributed by atoms with Gasteiger partial charge in [0.15, 0.2) is 0 Å². The molecule has 6 nitrogen and oxygen atoms in total. The Balaban J connectivity index is 2.24. The van der Waals surface area contributed by atoms with Crippen molar-refractivity contribution in [1.29, 1.82) is 0 Å². The molecule has 0 heterocycles. The van der Waals surface area contributed by atoms with E-state index in [4.69, 9.17) is 21.1 Å². The van der Waals surface area contributed by atoms with Gasteiger partial charge in [-0.05, 0) is 18.9 Å². The number of carboxylic acids is 1. The van der Waals surface area contributed by atoms with Gasteiger partial charge >= 0.3 is 5.97 Å². The van der Waals surface area contributed by atoms with E-state index in [1.807, 2.05) is 6.08 Å². The van der Waals surface area contributed by atoms with Crippen LogP contribution in [0, 0.1) is 11.8 Å². The molecule has 1 aromatic carbocycles. The fraction of sp³-hybridized carbons (Fsp3) is 0.375. The normalized spacial score (nSPS) is 20.0. The van der Waals surface area contributed by atoms with Gasteiger partial charge in [-0.3, -0.25) is 9.59 Å². The number of halogens is 1. The number of aliphatic carboxylic acids is 1. The summed E-state index contributed by atoms with van der Waals surface area (Å²) in [6.45, 7) is 0. The molecule has 2 atom stereocenters. The number of anilines is 1. The van der Waals surface area contributed by atoms with E-state index >= 15 is 0 Å². The molecule has 0 aliphatic heterocycles. The molecule has 2 rings (SSSR count). The highest BCUT2D eigenvalue weighted by molar-refractivity contribution is 6.32. The average molecular weight is 340 g/mol. The zero-order valence-corrected chi connectivity index (χ0v) is 13.6. The predicted octanol–water partition coefficient (Wildman–Crippen LogP) is 2.96. The van der Waals surface area contributed by atoms with E-state index in [9.17, 15) is 14.7 Å². The van der Waals surface area contributed by atoms with Crippen molar-refractivity contribution >= 4 is 29.2 Å². The summed E-state index contributed by atoms with van der Waals surface area (Å²) in [5, 5.41) is 12.3. The number of hydrogen-bond donors (Lipinski definition) is 2. The van der Waals surface area contributed by atoms with Crippen molar-refractivity contribution in [2.24, 2.45) is 11.8 Å². The van der Waals surface area contributed by atoms with Gasteiger partial charge in [-0.1, -0.05) is 23.8 Å². The zero-order valence-electron chi connectivity index (χ0n) is 12.8. The topological polar surface area (TPSA) is 84.9 Å². The Morgan fingerprint density at radius 1 is 1.13 bits per heavy atom. The third kappa shape index (κ3) is 3.76. The van der Waals surface area contributed by atoms with Gasteiger partial charge in [-0.2, -0.15) is 0 Å². The fourth-order valence-electron chi connectivity index (χ4n) is 2.56. The summed E-state index contributed by atoms with van der Waals surface area (Å²) in [6, 6.07) is 3.08. The standard InChI is InChI=1S/C16H18ClNO5/c1-22-13-8-14(23-2)12(7-11(13)17)18-15(19)9-5-3-4-6-10(9)16(20)21/h3-4,7-10H,5-6H2,1-2H3,(H,18,19)(H,20,21). The summed E-state index contributed by atoms with van der Waals surface area (Å²) in [6.07, 6.45) is 4.33. The Morgan fingerprint density at radius 3 is 2.30 bits per heavy atom. The van der Waals surface area contributed by atoms with Gasteiger partial charge in [0, 0.05) is 6.07 Å². The zero-order chi connectivity index (χ0) is 17.0. The second-order valence-corrected chi connectivity index (χ2v) is 5.58. The SMILES string of the molecule is COc1cc(OC)c(NC(=O)C2CC=CCC2C(=O)O)cc1Cl. The first kappa shape index (κ1) is 17.1. The average Bonchev–Trinajstić information content (AvgIpc) is 2.55. The summed E-state index contributed by atoms with van der Waals surface area (Å²) in [5.41, 5.74) is 0.377. The lowest BCUT2D eigenvalue weighted by molar-refractivity contribution is -0.146. The van der Waals surface area contributed by atoms with Crippen molar-refractivity contribution in [3.05, 3.63) is 29.3 Å². The molecule has 0 fully saturated rings. The Kier molecular flexibility index (Phi) is 5.50. The van der Waals surface area contributed by atoms with Crippen molar-refractivity contribution < 1.29 is 24.2 Å². The molecule has 2 N–H and O–H groups in total. The Labute approximate surface area is 139 Å². The van der Waals surface area contributed by atoms with Gasteiger partial charge in [-0.15, -0.1) is 0 Å². The summed E-state index contributed by atoms with van der Waals surface area (Å²) in [7, 11) is 2.94. The number of benzene rings is 1. The molecular weight excluding hydrogens is 322 g/mol. The first-order valence-corrected chi connectivity index (χ1v) is 7.46. The van der Waals surface area contributed by atoms with Crippen LogP contribution in [0.5, 0.6) is 11.5 Å². The number of carbonyl (C=O) groups excluding carboxylic acids is 1. The molecule has 23 heavy (non-hydrogen) atoms. The number of carboxylic acid groups (broad SMARTS) is 1. The minimum absolute atomic E-state index is 0.321. The van der Waals surface area contributed by atoms with E-state index in [0.29, 0.717) is 35.1 Å². The molecule has 0 bridgehead atoms. The van der Waals surface area contributed by atoms with Crippen LogP contribution in [-0.4, -0.2) is 31.2 Å². The van der Waals surface area contributed by atoms with Crippen molar-refractivity contribution in [2.45, 2.75) is 12.8 Å². The van der Waals surface area contributed by atoms with Crippen LogP contribution in [0.25, 0.3) is 0 Å². The van der Waals surface area contributed by atoms with Crippen molar-refractivity contribution in [3.8, 4) is 11.5 Å². The second kappa shape index (κ2) is 7.37. The maximum absolute atomic E-state index is 12.5. The van der Waals surface area contributed by atoms with Gasteiger partial charge in [0.25, 0.3) is 0 Å². The molecule has 0 saturated carbocycles. The second-order valence-electron chi connectivity index (χ2n) is 5.17. The largest absolute Gasteiger partial charge is 0.495 e. The quantitative estimate of drug-likeness (QED) is 0.806. The molecule has 1 aliphatic rings. The van der Waals surface area contributed by atoms with Gasteiger partial charge in [0.05, 0.1) is 36.8 Å². The van der Waals surface area contributed by atoms with Crippen molar-refractivity contribution in [1.82, 2.24) is 0 Å². The van der Waals surface area contributed by atoms with Gasteiger partial charge < -0.3 is 19.9 Å². The number of carbonyl (C=O) groups is 2. The molecular formula is C16H18ClNO5. The Hall–Kier alpha value is -2.21. The van der Waals surface area contributed by atoms with E-state index in [2.05, 4.69) is 5.32 Å². The first-order chi connectivity index (χ1) is 11.0. The summed E-state index contributed by atoms with van der Waals surface area (Å²) in [5.74, 6) is -1.92. The minimum atomic E-state index is -0.978. The monoisotopic (exact) mass is 339 g/mol. The van der Waals surface area contributed by atoms with Crippen molar-refractivity contribution in [2.75, 3.05) is 19.5 Å². The van der Waals surface area contributed by atoms with Crippen LogP contribution in [0.2, 0.25) is 5.02 Å². The van der Waals surface area contributed by atoms with Crippen LogP contribution >= 0.6 is 11.6 Å². The van der Waals surface area contributed by atoms with Gasteiger partial charge in [0.1, 0.15) is 11.5 Å². The van der Waals surface area contributed by atoms with E-state index in [1.54, 1.807) is 12.1 Å². The van der Waals surface area contributed by atoms with Crippen LogP contribution in [0.4, 0.5) is 5.69 Å². The lowest BCUT2D eigenvalue weighted by Gasteiger charge is -2.24. The lowest BCUT2D eigenvalue weighted by atomic mass is 9.82. The van der Waals surface area contributed by atoms with E-state index < -0.39 is 17.8 Å². The maximum atomic E-state index is 12.5. The maximum Gasteiger partial charge on any atom is 0.307 e. The van der Waals surface area contributed by atoms with E-state index in [0.717, 1.165) is 0 Å². The van der Waals surface area contributed by atoms with Crippen LogP contribution in [0.3, 0.4) is 0 Å².